The van der Waals surface area contributed by atoms with Gasteiger partial charge in [0.05, 0.1) is 17.7 Å². The number of carbonyl (C=O) groups excluding carboxylic acids is 1. The lowest BCUT2D eigenvalue weighted by atomic mass is 10.0. The Balaban J connectivity index is 1.88. The summed E-state index contributed by atoms with van der Waals surface area (Å²) in [6.07, 6.45) is 18.1. The molecule has 170 valence electrons. The minimum atomic E-state index is -1.04. The van der Waals surface area contributed by atoms with Crippen LogP contribution in [0.3, 0.4) is 0 Å². The largest absolute Gasteiger partial charge is 0.478 e. The molecule has 0 bridgehead atoms. The number of unbranched alkanes of at least 4 members (excludes halogenated alkanes) is 12. The Morgan fingerprint density at radius 3 is 1.73 bits per heavy atom. The summed E-state index contributed by atoms with van der Waals surface area (Å²) in [5, 5.41) is 8.97. The molecule has 0 aliphatic carbocycles. The van der Waals surface area contributed by atoms with Crippen LogP contribution in [0.15, 0.2) is 24.3 Å². The molecule has 0 atom stereocenters. The lowest BCUT2D eigenvalue weighted by Crippen LogP contribution is -2.08. The van der Waals surface area contributed by atoms with E-state index in [1.54, 1.807) is 12.1 Å². The van der Waals surface area contributed by atoms with Gasteiger partial charge in [0.2, 0.25) is 0 Å². The van der Waals surface area contributed by atoms with Crippen LogP contribution >= 0.6 is 0 Å². The minimum absolute atomic E-state index is 0.103. The molecular weight excluding hydrogens is 376 g/mol. The number of hydrogen-bond acceptors (Lipinski definition) is 3. The average Bonchev–Trinajstić information content (AvgIpc) is 2.73. The van der Waals surface area contributed by atoms with Crippen LogP contribution in [0.4, 0.5) is 0 Å². The molecule has 1 N–H and O–H groups in total. The van der Waals surface area contributed by atoms with Gasteiger partial charge in [0, 0.05) is 0 Å². The van der Waals surface area contributed by atoms with E-state index in [-0.39, 0.29) is 5.56 Å². The van der Waals surface area contributed by atoms with Crippen LogP contribution in [0.2, 0.25) is 0 Å². The summed E-state index contributed by atoms with van der Waals surface area (Å²) >= 11 is 0. The van der Waals surface area contributed by atoms with E-state index in [0.717, 1.165) is 18.8 Å². The van der Waals surface area contributed by atoms with Crippen molar-refractivity contribution in [2.75, 3.05) is 6.61 Å². The van der Waals surface area contributed by atoms with Gasteiger partial charge in [-0.2, -0.15) is 0 Å². The second kappa shape index (κ2) is 16.9. The highest BCUT2D eigenvalue weighted by atomic mass is 16.5. The summed E-state index contributed by atoms with van der Waals surface area (Å²) < 4.78 is 5.25. The van der Waals surface area contributed by atoms with Crippen LogP contribution in [0, 0.1) is 5.92 Å². The maximum absolute atomic E-state index is 12.0. The zero-order valence-corrected chi connectivity index (χ0v) is 19.2. The molecule has 1 rings (SSSR count). The molecule has 1 aromatic rings. The number of esters is 1. The number of carbonyl (C=O) groups is 2. The van der Waals surface area contributed by atoms with Gasteiger partial charge in [-0.1, -0.05) is 103 Å². The van der Waals surface area contributed by atoms with Crippen molar-refractivity contribution < 1.29 is 19.4 Å². The molecule has 0 saturated carbocycles. The van der Waals surface area contributed by atoms with Crippen LogP contribution in [0.5, 0.6) is 0 Å². The SMILES string of the molecule is CC(C)CCCCCCCCCCCCCCCOC(=O)c1cccc(C(=O)O)c1. The molecule has 1 aromatic carbocycles. The van der Waals surface area contributed by atoms with Crippen molar-refractivity contribution in [3.05, 3.63) is 35.4 Å². The Kier molecular flexibility index (Phi) is 14.8. The molecule has 0 fully saturated rings. The van der Waals surface area contributed by atoms with Gasteiger partial charge >= 0.3 is 11.9 Å². The Morgan fingerprint density at radius 2 is 1.23 bits per heavy atom. The van der Waals surface area contributed by atoms with E-state index in [1.807, 2.05) is 0 Å². The Morgan fingerprint density at radius 1 is 0.767 bits per heavy atom. The standard InChI is InChI=1S/C26H42O4/c1-22(2)17-14-12-10-8-6-4-3-5-7-9-11-13-15-20-30-26(29)24-19-16-18-23(21-24)25(27)28/h16,18-19,21-22H,3-15,17,20H2,1-2H3,(H,27,28). The lowest BCUT2D eigenvalue weighted by molar-refractivity contribution is 0.0497. The fourth-order valence-corrected chi connectivity index (χ4v) is 3.63. The van der Waals surface area contributed by atoms with E-state index >= 15 is 0 Å². The van der Waals surface area contributed by atoms with E-state index in [9.17, 15) is 9.59 Å². The molecule has 4 heteroatoms. The van der Waals surface area contributed by atoms with Gasteiger partial charge in [-0.3, -0.25) is 0 Å². The van der Waals surface area contributed by atoms with Crippen LogP contribution in [0.1, 0.15) is 124 Å². The molecule has 0 unspecified atom stereocenters. The van der Waals surface area contributed by atoms with Crippen molar-refractivity contribution in [1.29, 1.82) is 0 Å². The van der Waals surface area contributed by atoms with Gasteiger partial charge < -0.3 is 9.84 Å². The van der Waals surface area contributed by atoms with Gasteiger partial charge in [0.1, 0.15) is 0 Å². The molecule has 0 aromatic heterocycles. The monoisotopic (exact) mass is 418 g/mol. The molecule has 0 spiro atoms. The molecule has 0 aliphatic rings. The van der Waals surface area contributed by atoms with Crippen molar-refractivity contribution in [2.45, 2.75) is 104 Å². The molecule has 0 saturated heterocycles. The third kappa shape index (κ3) is 13.4. The first-order valence-electron chi connectivity index (χ1n) is 12.0. The molecule has 30 heavy (non-hydrogen) atoms. The Hall–Kier alpha value is -1.84. The first-order chi connectivity index (χ1) is 14.5. The number of benzene rings is 1. The predicted octanol–water partition coefficient (Wildman–Crippen LogP) is 7.66. The van der Waals surface area contributed by atoms with Crippen molar-refractivity contribution in [3.8, 4) is 0 Å². The summed E-state index contributed by atoms with van der Waals surface area (Å²) in [5.41, 5.74) is 0.400. The fourth-order valence-electron chi connectivity index (χ4n) is 3.63. The third-order valence-electron chi connectivity index (χ3n) is 5.50. The number of ether oxygens (including phenoxy) is 1. The summed E-state index contributed by atoms with van der Waals surface area (Å²) in [6.45, 7) is 5.01. The second-order valence-corrected chi connectivity index (χ2v) is 8.80. The van der Waals surface area contributed by atoms with E-state index < -0.39 is 11.9 Å². The Labute approximate surface area is 183 Å². The van der Waals surface area contributed by atoms with Crippen LogP contribution in [-0.4, -0.2) is 23.7 Å². The minimum Gasteiger partial charge on any atom is -0.478 e. The number of aromatic carboxylic acids is 1. The maximum atomic E-state index is 12.0. The fraction of sp³-hybridized carbons (Fsp3) is 0.692. The summed E-state index contributed by atoms with van der Waals surface area (Å²) in [6, 6.07) is 5.97. The Bertz CT molecular complexity index is 594. The average molecular weight is 419 g/mol. The summed E-state index contributed by atoms with van der Waals surface area (Å²) in [7, 11) is 0. The zero-order chi connectivity index (χ0) is 22.0. The number of carboxylic acid groups (broad SMARTS) is 1. The smallest absolute Gasteiger partial charge is 0.338 e. The number of carboxylic acids is 1. The highest BCUT2D eigenvalue weighted by Crippen LogP contribution is 2.14. The molecular formula is C26H42O4. The van der Waals surface area contributed by atoms with E-state index in [4.69, 9.17) is 9.84 Å². The normalized spacial score (nSPS) is 11.0. The number of hydrogen-bond donors (Lipinski definition) is 1. The van der Waals surface area contributed by atoms with Crippen LogP contribution in [-0.2, 0) is 4.74 Å². The van der Waals surface area contributed by atoms with Crippen LogP contribution in [0.25, 0.3) is 0 Å². The van der Waals surface area contributed by atoms with Gasteiger partial charge in [-0.25, -0.2) is 9.59 Å². The van der Waals surface area contributed by atoms with Gasteiger partial charge in [-0.15, -0.1) is 0 Å². The topological polar surface area (TPSA) is 63.6 Å². The molecule has 4 nitrogen and oxygen atoms in total. The third-order valence-corrected chi connectivity index (χ3v) is 5.50. The van der Waals surface area contributed by atoms with E-state index in [2.05, 4.69) is 13.8 Å². The quantitative estimate of drug-likeness (QED) is 0.196. The zero-order valence-electron chi connectivity index (χ0n) is 19.2. The molecule has 0 aliphatic heterocycles. The van der Waals surface area contributed by atoms with Crippen molar-refractivity contribution in [2.24, 2.45) is 5.92 Å². The molecule has 0 heterocycles. The van der Waals surface area contributed by atoms with E-state index in [1.165, 1.54) is 89.2 Å². The molecule has 0 radical (unpaired) electrons. The highest BCUT2D eigenvalue weighted by Gasteiger charge is 2.10. The number of rotatable bonds is 18. The van der Waals surface area contributed by atoms with Crippen molar-refractivity contribution >= 4 is 11.9 Å². The van der Waals surface area contributed by atoms with Crippen LogP contribution < -0.4 is 0 Å². The maximum Gasteiger partial charge on any atom is 0.338 e. The predicted molar refractivity (Wildman–Crippen MR) is 123 cm³/mol. The highest BCUT2D eigenvalue weighted by molar-refractivity contribution is 5.94. The summed E-state index contributed by atoms with van der Waals surface area (Å²) in [4.78, 5) is 22.9. The van der Waals surface area contributed by atoms with E-state index in [0.29, 0.717) is 12.2 Å². The van der Waals surface area contributed by atoms with Crippen molar-refractivity contribution in [1.82, 2.24) is 0 Å². The first kappa shape index (κ1) is 26.2. The second-order valence-electron chi connectivity index (χ2n) is 8.80. The van der Waals surface area contributed by atoms with Gasteiger partial charge in [0.25, 0.3) is 0 Å². The summed E-state index contributed by atoms with van der Waals surface area (Å²) in [5.74, 6) is -0.636. The first-order valence-corrected chi connectivity index (χ1v) is 12.0. The molecule has 0 amide bonds. The van der Waals surface area contributed by atoms with Gasteiger partial charge in [0.15, 0.2) is 0 Å². The van der Waals surface area contributed by atoms with Gasteiger partial charge in [-0.05, 0) is 30.5 Å². The lowest BCUT2D eigenvalue weighted by Gasteiger charge is -2.06. The van der Waals surface area contributed by atoms with Crippen molar-refractivity contribution in [3.63, 3.8) is 0 Å².